The maximum atomic E-state index is 13.6. The van der Waals surface area contributed by atoms with Gasteiger partial charge in [-0.2, -0.15) is 5.26 Å². The molecule has 1 fully saturated rings. The maximum absolute atomic E-state index is 13.6. The molecule has 23 heavy (non-hydrogen) atoms. The molecule has 0 bridgehead atoms. The highest BCUT2D eigenvalue weighted by molar-refractivity contribution is 9.10. The third-order valence-electron chi connectivity index (χ3n) is 3.97. The van der Waals surface area contributed by atoms with E-state index >= 15 is 0 Å². The van der Waals surface area contributed by atoms with Gasteiger partial charge in [0.1, 0.15) is 17.7 Å². The molecule has 0 N–H and O–H groups in total. The minimum Gasteiger partial charge on any atom is -0.353 e. The van der Waals surface area contributed by atoms with Crippen LogP contribution in [0.25, 0.3) is 0 Å². The summed E-state index contributed by atoms with van der Waals surface area (Å²) < 4.78 is 14.1. The Hall–Kier alpha value is -1.97. The molecule has 0 amide bonds. The summed E-state index contributed by atoms with van der Waals surface area (Å²) in [5.74, 6) is 0.526. The summed E-state index contributed by atoms with van der Waals surface area (Å²) in [5, 5.41) is 9.18. The third kappa shape index (κ3) is 3.69. The van der Waals surface area contributed by atoms with Crippen LogP contribution in [-0.2, 0) is 6.54 Å². The molecule has 1 aromatic carbocycles. The Morgan fingerprint density at radius 2 is 2.00 bits per heavy atom. The highest BCUT2D eigenvalue weighted by Gasteiger charge is 2.20. The molecule has 1 aromatic heterocycles. The van der Waals surface area contributed by atoms with E-state index in [9.17, 15) is 9.65 Å². The second-order valence-electron chi connectivity index (χ2n) is 5.50. The van der Waals surface area contributed by atoms with Gasteiger partial charge in [0.15, 0.2) is 0 Å². The summed E-state index contributed by atoms with van der Waals surface area (Å²) in [6, 6.07) is 11.0. The van der Waals surface area contributed by atoms with E-state index in [2.05, 4.69) is 36.8 Å². The van der Waals surface area contributed by atoms with E-state index in [0.717, 1.165) is 44.1 Å². The van der Waals surface area contributed by atoms with Gasteiger partial charge in [-0.1, -0.05) is 6.07 Å². The van der Waals surface area contributed by atoms with Crippen molar-refractivity contribution in [3.63, 3.8) is 0 Å². The van der Waals surface area contributed by atoms with Crippen LogP contribution in [0.3, 0.4) is 0 Å². The molecule has 6 heteroatoms. The van der Waals surface area contributed by atoms with Gasteiger partial charge < -0.3 is 4.90 Å². The van der Waals surface area contributed by atoms with Crippen molar-refractivity contribution < 1.29 is 4.39 Å². The molecule has 0 spiro atoms. The Morgan fingerprint density at radius 3 is 2.70 bits per heavy atom. The molecular weight excluding hydrogens is 359 g/mol. The van der Waals surface area contributed by atoms with E-state index in [4.69, 9.17) is 0 Å². The number of aromatic nitrogens is 1. The van der Waals surface area contributed by atoms with Crippen LogP contribution in [0, 0.1) is 17.1 Å². The highest BCUT2D eigenvalue weighted by Crippen LogP contribution is 2.20. The molecule has 0 unspecified atom stereocenters. The fraction of sp³-hybridized carbons (Fsp3) is 0.294. The molecule has 0 atom stereocenters. The molecule has 4 nitrogen and oxygen atoms in total. The van der Waals surface area contributed by atoms with Crippen LogP contribution >= 0.6 is 15.9 Å². The second kappa shape index (κ2) is 7.07. The van der Waals surface area contributed by atoms with E-state index in [1.807, 2.05) is 6.07 Å². The Balaban J connectivity index is 1.62. The largest absolute Gasteiger partial charge is 0.353 e. The number of hydrogen-bond acceptors (Lipinski definition) is 4. The van der Waals surface area contributed by atoms with Crippen LogP contribution in [0.2, 0.25) is 0 Å². The lowest BCUT2D eigenvalue weighted by atomic mass is 10.2. The molecule has 0 saturated carbocycles. The zero-order valence-electron chi connectivity index (χ0n) is 12.5. The van der Waals surface area contributed by atoms with E-state index in [1.54, 1.807) is 30.5 Å². The highest BCUT2D eigenvalue weighted by atomic mass is 79.9. The average Bonchev–Trinajstić information content (AvgIpc) is 2.59. The van der Waals surface area contributed by atoms with Crippen LogP contribution in [0.15, 0.2) is 41.0 Å². The van der Waals surface area contributed by atoms with E-state index in [1.165, 1.54) is 0 Å². The quantitative estimate of drug-likeness (QED) is 0.827. The van der Waals surface area contributed by atoms with Crippen LogP contribution in [0.4, 0.5) is 10.2 Å². The summed E-state index contributed by atoms with van der Waals surface area (Å²) >= 11 is 3.17. The van der Waals surface area contributed by atoms with Gasteiger partial charge in [-0.25, -0.2) is 9.37 Å². The van der Waals surface area contributed by atoms with Crippen molar-refractivity contribution in [3.05, 3.63) is 57.9 Å². The van der Waals surface area contributed by atoms with Crippen molar-refractivity contribution in [1.29, 1.82) is 5.26 Å². The molecule has 3 rings (SSSR count). The lowest BCUT2D eigenvalue weighted by molar-refractivity contribution is 0.249. The molecule has 118 valence electrons. The Labute approximate surface area is 143 Å². The van der Waals surface area contributed by atoms with E-state index in [-0.39, 0.29) is 5.82 Å². The van der Waals surface area contributed by atoms with Gasteiger partial charge in [0.2, 0.25) is 0 Å². The number of piperazine rings is 1. The van der Waals surface area contributed by atoms with E-state index in [0.29, 0.717) is 10.0 Å². The number of hydrogen-bond donors (Lipinski definition) is 0. The molecule has 1 aliphatic rings. The molecule has 2 aromatic rings. The lowest BCUT2D eigenvalue weighted by Crippen LogP contribution is -2.46. The number of nitriles is 1. The molecule has 0 radical (unpaired) electrons. The predicted molar refractivity (Wildman–Crippen MR) is 90.5 cm³/mol. The molecule has 1 saturated heterocycles. The number of anilines is 1. The number of rotatable bonds is 3. The van der Waals surface area contributed by atoms with Crippen molar-refractivity contribution >= 4 is 21.7 Å². The zero-order chi connectivity index (χ0) is 16.2. The maximum Gasteiger partial charge on any atom is 0.146 e. The van der Waals surface area contributed by atoms with Gasteiger partial charge in [0.05, 0.1) is 10.0 Å². The normalized spacial score (nSPS) is 15.4. The standard InChI is InChI=1S/C17H16BrFN4/c18-15-4-3-13(10-16(15)19)12-22-6-8-23(9-7-22)17-14(11-20)2-1-5-21-17/h1-5,10H,6-9,12H2. The van der Waals surface area contributed by atoms with Crippen molar-refractivity contribution in [2.45, 2.75) is 6.54 Å². The average molecular weight is 375 g/mol. The summed E-state index contributed by atoms with van der Waals surface area (Å²) in [4.78, 5) is 8.76. The Bertz CT molecular complexity index is 736. The monoisotopic (exact) mass is 374 g/mol. The molecule has 2 heterocycles. The molecular formula is C17H16BrFN4. The number of halogens is 2. The summed E-state index contributed by atoms with van der Waals surface area (Å²) in [7, 11) is 0. The van der Waals surface area contributed by atoms with Crippen molar-refractivity contribution in [2.24, 2.45) is 0 Å². The van der Waals surface area contributed by atoms with Crippen LogP contribution in [0.1, 0.15) is 11.1 Å². The van der Waals surface area contributed by atoms with Crippen molar-refractivity contribution in [2.75, 3.05) is 31.1 Å². The van der Waals surface area contributed by atoms with Crippen molar-refractivity contribution in [1.82, 2.24) is 9.88 Å². The second-order valence-corrected chi connectivity index (χ2v) is 6.35. The van der Waals surface area contributed by atoms with Crippen LogP contribution in [-0.4, -0.2) is 36.1 Å². The molecule has 1 aliphatic heterocycles. The van der Waals surface area contributed by atoms with Gasteiger partial charge in [-0.3, -0.25) is 4.90 Å². The first-order valence-corrected chi connectivity index (χ1v) is 8.23. The van der Waals surface area contributed by atoms with Gasteiger partial charge in [0, 0.05) is 38.9 Å². The van der Waals surface area contributed by atoms with Gasteiger partial charge in [-0.15, -0.1) is 0 Å². The minimum atomic E-state index is -0.228. The third-order valence-corrected chi connectivity index (χ3v) is 4.61. The van der Waals surface area contributed by atoms with Crippen LogP contribution < -0.4 is 4.90 Å². The smallest absolute Gasteiger partial charge is 0.146 e. The van der Waals surface area contributed by atoms with Gasteiger partial charge in [0.25, 0.3) is 0 Å². The first-order chi connectivity index (χ1) is 11.2. The van der Waals surface area contributed by atoms with E-state index < -0.39 is 0 Å². The summed E-state index contributed by atoms with van der Waals surface area (Å²) in [5.41, 5.74) is 1.57. The summed E-state index contributed by atoms with van der Waals surface area (Å²) in [6.45, 7) is 4.07. The minimum absolute atomic E-state index is 0.228. The fourth-order valence-corrected chi connectivity index (χ4v) is 3.00. The zero-order valence-corrected chi connectivity index (χ0v) is 14.1. The fourth-order valence-electron chi connectivity index (χ4n) is 2.75. The topological polar surface area (TPSA) is 43.2 Å². The summed E-state index contributed by atoms with van der Waals surface area (Å²) in [6.07, 6.45) is 1.72. The first kappa shape index (κ1) is 15.9. The number of nitrogens with zero attached hydrogens (tertiary/aromatic N) is 4. The Morgan fingerprint density at radius 1 is 1.22 bits per heavy atom. The van der Waals surface area contributed by atoms with Gasteiger partial charge in [-0.05, 0) is 45.8 Å². The first-order valence-electron chi connectivity index (χ1n) is 7.44. The SMILES string of the molecule is N#Cc1cccnc1N1CCN(Cc2ccc(Br)c(F)c2)CC1. The number of benzene rings is 1. The molecule has 0 aliphatic carbocycles. The predicted octanol–water partition coefficient (Wildman–Crippen LogP) is 3.18. The van der Waals surface area contributed by atoms with Crippen LogP contribution in [0.5, 0.6) is 0 Å². The van der Waals surface area contributed by atoms with Crippen molar-refractivity contribution in [3.8, 4) is 6.07 Å². The van der Waals surface area contributed by atoms with Gasteiger partial charge >= 0.3 is 0 Å². The number of pyridine rings is 1. The Kier molecular flexibility index (Phi) is 4.89. The lowest BCUT2D eigenvalue weighted by Gasteiger charge is -2.35.